The Balaban J connectivity index is 2.32. The second kappa shape index (κ2) is 5.78. The van der Waals surface area contributed by atoms with E-state index in [-0.39, 0.29) is 23.1 Å². The molecule has 1 aromatic heterocycles. The van der Waals surface area contributed by atoms with Crippen molar-refractivity contribution in [2.75, 3.05) is 20.1 Å². The zero-order chi connectivity index (χ0) is 15.8. The van der Waals surface area contributed by atoms with Crippen LogP contribution in [0.25, 0.3) is 0 Å². The molecule has 7 nitrogen and oxygen atoms in total. The molecule has 0 aliphatic carbocycles. The number of furan rings is 1. The van der Waals surface area contributed by atoms with Crippen LogP contribution in [-0.4, -0.2) is 51.4 Å². The Bertz CT molecular complexity index is 638. The first-order valence-electron chi connectivity index (χ1n) is 6.86. The summed E-state index contributed by atoms with van der Waals surface area (Å²) < 4.78 is 30.9. The molecule has 0 bridgehead atoms. The Morgan fingerprint density at radius 1 is 1.48 bits per heavy atom. The summed E-state index contributed by atoms with van der Waals surface area (Å²) in [5.41, 5.74) is 0.296. The summed E-state index contributed by atoms with van der Waals surface area (Å²) in [5, 5.41) is 3.06. The SMILES string of the molecule is CNS(=O)(=O)c1cc(C(=O)N2CCNC(C)C2C)c(C)o1. The van der Waals surface area contributed by atoms with E-state index in [1.165, 1.54) is 13.1 Å². The fourth-order valence-corrected chi connectivity index (χ4v) is 3.11. The van der Waals surface area contributed by atoms with Crippen molar-refractivity contribution < 1.29 is 17.6 Å². The predicted octanol–water partition coefficient (Wildman–Crippen LogP) is 0.319. The van der Waals surface area contributed by atoms with E-state index in [4.69, 9.17) is 4.42 Å². The molecule has 2 N–H and O–H groups in total. The van der Waals surface area contributed by atoms with Gasteiger partial charge in [0.05, 0.1) is 5.56 Å². The summed E-state index contributed by atoms with van der Waals surface area (Å²) in [5.74, 6) is 0.113. The minimum Gasteiger partial charge on any atom is -0.448 e. The fourth-order valence-electron chi connectivity index (χ4n) is 2.40. The molecule has 1 aliphatic rings. The topological polar surface area (TPSA) is 91.7 Å². The van der Waals surface area contributed by atoms with Gasteiger partial charge in [-0.1, -0.05) is 0 Å². The molecule has 2 unspecified atom stereocenters. The van der Waals surface area contributed by atoms with Gasteiger partial charge in [0, 0.05) is 31.2 Å². The van der Waals surface area contributed by atoms with E-state index in [9.17, 15) is 13.2 Å². The molecule has 2 rings (SSSR count). The van der Waals surface area contributed by atoms with Gasteiger partial charge >= 0.3 is 0 Å². The lowest BCUT2D eigenvalue weighted by Crippen LogP contribution is -2.57. The van der Waals surface area contributed by atoms with E-state index in [1.54, 1.807) is 11.8 Å². The number of nitrogens with zero attached hydrogens (tertiary/aromatic N) is 1. The van der Waals surface area contributed by atoms with Crippen molar-refractivity contribution in [2.45, 2.75) is 37.9 Å². The average molecular weight is 315 g/mol. The van der Waals surface area contributed by atoms with E-state index in [0.717, 1.165) is 6.54 Å². The predicted molar refractivity (Wildman–Crippen MR) is 77.7 cm³/mol. The van der Waals surface area contributed by atoms with Crippen LogP contribution in [0.5, 0.6) is 0 Å². The maximum absolute atomic E-state index is 12.6. The molecule has 1 amide bonds. The number of nitrogens with one attached hydrogen (secondary N) is 2. The third-order valence-electron chi connectivity index (χ3n) is 3.95. The molecule has 8 heteroatoms. The summed E-state index contributed by atoms with van der Waals surface area (Å²) in [6.07, 6.45) is 0. The lowest BCUT2D eigenvalue weighted by atomic mass is 10.1. The molecule has 1 fully saturated rings. The average Bonchev–Trinajstić information content (AvgIpc) is 2.84. The smallest absolute Gasteiger partial charge is 0.273 e. The first-order valence-corrected chi connectivity index (χ1v) is 8.34. The third kappa shape index (κ3) is 2.97. The number of hydrogen-bond donors (Lipinski definition) is 2. The van der Waals surface area contributed by atoms with Gasteiger partial charge in [-0.15, -0.1) is 0 Å². The highest BCUT2D eigenvalue weighted by atomic mass is 32.2. The molecule has 1 aromatic rings. The minimum atomic E-state index is -3.69. The van der Waals surface area contributed by atoms with Crippen LogP contribution in [-0.2, 0) is 10.0 Å². The van der Waals surface area contributed by atoms with Crippen molar-refractivity contribution in [3.05, 3.63) is 17.4 Å². The van der Waals surface area contributed by atoms with Gasteiger partial charge in [0.1, 0.15) is 5.76 Å². The van der Waals surface area contributed by atoms with Crippen molar-refractivity contribution in [3.63, 3.8) is 0 Å². The van der Waals surface area contributed by atoms with Crippen LogP contribution in [0, 0.1) is 6.92 Å². The Morgan fingerprint density at radius 2 is 2.14 bits per heavy atom. The number of piperazine rings is 1. The minimum absolute atomic E-state index is 0.0323. The maximum atomic E-state index is 12.6. The van der Waals surface area contributed by atoms with E-state index in [0.29, 0.717) is 17.9 Å². The first kappa shape index (κ1) is 16.0. The maximum Gasteiger partial charge on any atom is 0.273 e. The normalized spacial score (nSPS) is 23.3. The van der Waals surface area contributed by atoms with E-state index in [1.807, 2.05) is 13.8 Å². The zero-order valence-corrected chi connectivity index (χ0v) is 13.5. The largest absolute Gasteiger partial charge is 0.448 e. The van der Waals surface area contributed by atoms with Crippen molar-refractivity contribution in [2.24, 2.45) is 0 Å². The van der Waals surface area contributed by atoms with Crippen LogP contribution in [0.3, 0.4) is 0 Å². The highest BCUT2D eigenvalue weighted by Gasteiger charge is 2.31. The Labute approximate surface area is 124 Å². The highest BCUT2D eigenvalue weighted by molar-refractivity contribution is 7.89. The molecular weight excluding hydrogens is 294 g/mol. The van der Waals surface area contributed by atoms with Crippen molar-refractivity contribution in [3.8, 4) is 0 Å². The van der Waals surface area contributed by atoms with E-state index >= 15 is 0 Å². The van der Waals surface area contributed by atoms with E-state index in [2.05, 4.69) is 10.0 Å². The van der Waals surface area contributed by atoms with Crippen molar-refractivity contribution in [1.29, 1.82) is 0 Å². The second-order valence-electron chi connectivity index (χ2n) is 5.22. The van der Waals surface area contributed by atoms with Crippen LogP contribution < -0.4 is 10.0 Å². The number of hydrogen-bond acceptors (Lipinski definition) is 5. The summed E-state index contributed by atoms with van der Waals surface area (Å²) in [7, 11) is -2.39. The number of aryl methyl sites for hydroxylation is 1. The second-order valence-corrected chi connectivity index (χ2v) is 7.04. The molecule has 0 aromatic carbocycles. The molecule has 1 aliphatic heterocycles. The van der Waals surface area contributed by atoms with Gasteiger partial charge < -0.3 is 14.6 Å². The van der Waals surface area contributed by atoms with Crippen molar-refractivity contribution in [1.82, 2.24) is 14.9 Å². The number of rotatable bonds is 3. The molecule has 0 saturated carbocycles. The molecule has 2 heterocycles. The van der Waals surface area contributed by atoms with Crippen LogP contribution in [0.2, 0.25) is 0 Å². The summed E-state index contributed by atoms with van der Waals surface area (Å²) in [6, 6.07) is 1.52. The Kier molecular flexibility index (Phi) is 4.40. The quantitative estimate of drug-likeness (QED) is 0.838. The lowest BCUT2D eigenvalue weighted by Gasteiger charge is -2.38. The summed E-state index contributed by atoms with van der Waals surface area (Å²) in [6.45, 7) is 6.88. The molecule has 2 atom stereocenters. The van der Waals surface area contributed by atoms with Gasteiger partial charge in [-0.25, -0.2) is 13.1 Å². The molecule has 21 heavy (non-hydrogen) atoms. The number of carbonyl (C=O) groups is 1. The summed E-state index contributed by atoms with van der Waals surface area (Å²) >= 11 is 0. The van der Waals surface area contributed by atoms with Gasteiger partial charge in [-0.2, -0.15) is 0 Å². The Hall–Kier alpha value is -1.38. The van der Waals surface area contributed by atoms with Crippen molar-refractivity contribution >= 4 is 15.9 Å². The van der Waals surface area contributed by atoms with Gasteiger partial charge in [-0.3, -0.25) is 4.79 Å². The van der Waals surface area contributed by atoms with Crippen LogP contribution >= 0.6 is 0 Å². The lowest BCUT2D eigenvalue weighted by molar-refractivity contribution is 0.0601. The van der Waals surface area contributed by atoms with Gasteiger partial charge in [0.25, 0.3) is 15.9 Å². The Morgan fingerprint density at radius 3 is 2.76 bits per heavy atom. The number of carbonyl (C=O) groups excluding carboxylic acids is 1. The number of sulfonamides is 1. The molecule has 0 radical (unpaired) electrons. The third-order valence-corrected chi connectivity index (χ3v) is 5.22. The first-order chi connectivity index (χ1) is 9.77. The van der Waals surface area contributed by atoms with Crippen LogP contribution in [0.4, 0.5) is 0 Å². The highest BCUT2D eigenvalue weighted by Crippen LogP contribution is 2.22. The monoisotopic (exact) mass is 315 g/mol. The fraction of sp³-hybridized carbons (Fsp3) is 0.615. The van der Waals surface area contributed by atoms with Gasteiger partial charge in [0.2, 0.25) is 5.09 Å². The van der Waals surface area contributed by atoms with Gasteiger partial charge in [0.15, 0.2) is 0 Å². The summed E-state index contributed by atoms with van der Waals surface area (Å²) in [4.78, 5) is 14.4. The van der Waals surface area contributed by atoms with E-state index < -0.39 is 10.0 Å². The zero-order valence-electron chi connectivity index (χ0n) is 12.6. The van der Waals surface area contributed by atoms with Gasteiger partial charge in [-0.05, 0) is 27.8 Å². The standard InChI is InChI=1S/C13H21N3O4S/c1-8-9(2)16(6-5-15-8)13(17)11-7-12(20-10(11)3)21(18,19)14-4/h7-9,14-15H,5-6H2,1-4H3. The molecule has 0 spiro atoms. The van der Waals surface area contributed by atoms with Crippen LogP contribution in [0.15, 0.2) is 15.6 Å². The molecule has 1 saturated heterocycles. The van der Waals surface area contributed by atoms with Crippen LogP contribution in [0.1, 0.15) is 30.0 Å². The molecule has 118 valence electrons. The molecular formula is C13H21N3O4S. The number of amides is 1.